The summed E-state index contributed by atoms with van der Waals surface area (Å²) in [6.07, 6.45) is -0.956. The second-order valence-electron chi connectivity index (χ2n) is 7.70. The van der Waals surface area contributed by atoms with Gasteiger partial charge in [0.1, 0.15) is 24.2 Å². The second kappa shape index (κ2) is 7.98. The van der Waals surface area contributed by atoms with Crippen molar-refractivity contribution < 1.29 is 19.4 Å². The van der Waals surface area contributed by atoms with Crippen molar-refractivity contribution in [1.82, 2.24) is 4.57 Å². The van der Waals surface area contributed by atoms with Gasteiger partial charge >= 0.3 is 0 Å². The summed E-state index contributed by atoms with van der Waals surface area (Å²) in [5.74, 6) is 1.19. The summed E-state index contributed by atoms with van der Waals surface area (Å²) in [6, 6.07) is 21.4. The number of rotatable bonds is 6. The van der Waals surface area contributed by atoms with E-state index in [4.69, 9.17) is 9.47 Å². The number of ketones is 1. The fourth-order valence-corrected chi connectivity index (χ4v) is 4.23. The van der Waals surface area contributed by atoms with Crippen LogP contribution >= 0.6 is 0 Å². The molecule has 0 unspecified atom stereocenters. The lowest BCUT2D eigenvalue weighted by molar-refractivity contribution is 0.0919. The number of hydrogen-bond acceptors (Lipinski definition) is 5. The lowest BCUT2D eigenvalue weighted by atomic mass is 10.0. The van der Waals surface area contributed by atoms with Crippen LogP contribution in [0.5, 0.6) is 11.5 Å². The minimum absolute atomic E-state index is 0.00374. The van der Waals surface area contributed by atoms with Gasteiger partial charge in [0.25, 0.3) is 5.56 Å². The number of fused-ring (bicyclic) bond motifs is 5. The molecule has 1 aliphatic carbocycles. The molecular formula is C26H21NO5. The SMILES string of the molecule is COc1ccc(OC[C@@H](O)Cn2c3c(c4ccccc4c2=O)C(=O)c2ccccc2-3)cc1. The average molecular weight is 427 g/mol. The van der Waals surface area contributed by atoms with Gasteiger partial charge in [-0.25, -0.2) is 0 Å². The fraction of sp³-hybridized carbons (Fsp3) is 0.154. The third kappa shape index (κ3) is 3.25. The molecule has 1 aromatic heterocycles. The summed E-state index contributed by atoms with van der Waals surface area (Å²) in [4.78, 5) is 26.6. The summed E-state index contributed by atoms with van der Waals surface area (Å²) in [7, 11) is 1.59. The van der Waals surface area contributed by atoms with Crippen LogP contribution in [0.1, 0.15) is 15.9 Å². The molecule has 1 heterocycles. The highest BCUT2D eigenvalue weighted by Gasteiger charge is 2.32. The minimum Gasteiger partial charge on any atom is -0.497 e. The van der Waals surface area contributed by atoms with Gasteiger partial charge in [-0.2, -0.15) is 0 Å². The van der Waals surface area contributed by atoms with Gasteiger partial charge in [-0.1, -0.05) is 42.5 Å². The number of carbonyl (C=O) groups excluding carboxylic acids is 1. The van der Waals surface area contributed by atoms with Crippen LogP contribution in [0.3, 0.4) is 0 Å². The Labute approximate surface area is 184 Å². The van der Waals surface area contributed by atoms with Gasteiger partial charge in [0.15, 0.2) is 5.78 Å². The van der Waals surface area contributed by atoms with Crippen LogP contribution in [0.25, 0.3) is 22.0 Å². The van der Waals surface area contributed by atoms with Crippen molar-refractivity contribution in [3.63, 3.8) is 0 Å². The Balaban J connectivity index is 1.52. The first-order valence-electron chi connectivity index (χ1n) is 10.3. The second-order valence-corrected chi connectivity index (χ2v) is 7.70. The number of aromatic nitrogens is 1. The number of hydrogen-bond donors (Lipinski definition) is 1. The topological polar surface area (TPSA) is 77.8 Å². The molecule has 3 aromatic carbocycles. The molecule has 0 saturated carbocycles. The Morgan fingerprint density at radius 3 is 2.19 bits per heavy atom. The van der Waals surface area contributed by atoms with Crippen LogP contribution in [0, 0.1) is 0 Å². The van der Waals surface area contributed by atoms with E-state index < -0.39 is 6.10 Å². The van der Waals surface area contributed by atoms with E-state index in [0.717, 1.165) is 0 Å². The monoisotopic (exact) mass is 427 g/mol. The molecule has 1 atom stereocenters. The number of nitrogens with zero attached hydrogens (tertiary/aromatic N) is 1. The number of methoxy groups -OCH3 is 1. The van der Waals surface area contributed by atoms with Crippen LogP contribution in [0.4, 0.5) is 0 Å². The van der Waals surface area contributed by atoms with E-state index in [-0.39, 0.29) is 24.5 Å². The standard InChI is InChI=1S/C26H21NO5/c1-31-17-10-12-18(13-11-17)32-15-16(28)14-27-24-20-7-3-4-8-21(20)25(29)23(24)19-6-2-5-9-22(19)26(27)30/h2-13,16,28H,14-15H2,1H3/t16-/m0/s1. The lowest BCUT2D eigenvalue weighted by Crippen LogP contribution is -2.31. The van der Waals surface area contributed by atoms with Crippen LogP contribution in [-0.4, -0.2) is 35.3 Å². The normalized spacial score (nSPS) is 13.0. The maximum absolute atomic E-state index is 13.4. The summed E-state index contributed by atoms with van der Waals surface area (Å²) in [6.45, 7) is -0.000266. The van der Waals surface area contributed by atoms with Crippen molar-refractivity contribution in [2.24, 2.45) is 0 Å². The van der Waals surface area contributed by atoms with Crippen LogP contribution < -0.4 is 15.0 Å². The van der Waals surface area contributed by atoms with Gasteiger partial charge in [-0.05, 0) is 30.3 Å². The molecule has 1 aliphatic rings. The molecule has 0 spiro atoms. The first-order valence-corrected chi connectivity index (χ1v) is 10.3. The largest absolute Gasteiger partial charge is 0.497 e. The Bertz CT molecular complexity index is 1390. The molecule has 5 rings (SSSR count). The number of aliphatic hydroxyl groups excluding tert-OH is 1. The minimum atomic E-state index is -0.956. The Kier molecular flexibility index (Phi) is 4.99. The third-order valence-electron chi connectivity index (χ3n) is 5.73. The van der Waals surface area contributed by atoms with E-state index in [9.17, 15) is 14.7 Å². The zero-order valence-electron chi connectivity index (χ0n) is 17.4. The Morgan fingerprint density at radius 2 is 1.47 bits per heavy atom. The number of ether oxygens (including phenoxy) is 2. The highest BCUT2D eigenvalue weighted by atomic mass is 16.5. The summed E-state index contributed by atoms with van der Waals surface area (Å²) in [5.41, 5.74) is 2.09. The molecule has 0 saturated heterocycles. The van der Waals surface area contributed by atoms with Gasteiger partial charge in [-0.15, -0.1) is 0 Å². The molecule has 6 nitrogen and oxygen atoms in total. The zero-order valence-corrected chi connectivity index (χ0v) is 17.4. The molecule has 1 N–H and O–H groups in total. The maximum atomic E-state index is 13.4. The maximum Gasteiger partial charge on any atom is 0.259 e. The van der Waals surface area contributed by atoms with Crippen LogP contribution in [0.15, 0.2) is 77.6 Å². The lowest BCUT2D eigenvalue weighted by Gasteiger charge is -2.18. The summed E-state index contributed by atoms with van der Waals surface area (Å²) >= 11 is 0. The molecule has 160 valence electrons. The van der Waals surface area contributed by atoms with Crippen molar-refractivity contribution in [2.75, 3.05) is 13.7 Å². The van der Waals surface area contributed by atoms with Gasteiger partial charge < -0.3 is 19.1 Å². The van der Waals surface area contributed by atoms with Gasteiger partial charge in [-0.3, -0.25) is 9.59 Å². The predicted octanol–water partition coefficient (Wildman–Crippen LogP) is 3.66. The van der Waals surface area contributed by atoms with Gasteiger partial charge in [0.2, 0.25) is 0 Å². The molecule has 0 amide bonds. The number of benzene rings is 3. The molecule has 4 aromatic rings. The van der Waals surface area contributed by atoms with Crippen molar-refractivity contribution in [2.45, 2.75) is 12.6 Å². The molecule has 0 aliphatic heterocycles. The molecule has 32 heavy (non-hydrogen) atoms. The molecule has 6 heteroatoms. The smallest absolute Gasteiger partial charge is 0.259 e. The number of aliphatic hydroxyl groups is 1. The van der Waals surface area contributed by atoms with E-state index in [0.29, 0.717) is 44.7 Å². The van der Waals surface area contributed by atoms with Crippen molar-refractivity contribution >= 4 is 16.6 Å². The highest BCUT2D eigenvalue weighted by molar-refractivity contribution is 6.26. The average Bonchev–Trinajstić information content (AvgIpc) is 3.13. The van der Waals surface area contributed by atoms with Crippen LogP contribution in [0.2, 0.25) is 0 Å². The first-order chi connectivity index (χ1) is 15.6. The highest BCUT2D eigenvalue weighted by Crippen LogP contribution is 2.39. The summed E-state index contributed by atoms with van der Waals surface area (Å²) < 4.78 is 12.3. The van der Waals surface area contributed by atoms with Gasteiger partial charge in [0.05, 0.1) is 24.9 Å². The van der Waals surface area contributed by atoms with Crippen molar-refractivity contribution in [3.8, 4) is 22.8 Å². The van der Waals surface area contributed by atoms with E-state index in [1.165, 1.54) is 4.57 Å². The third-order valence-corrected chi connectivity index (χ3v) is 5.73. The predicted molar refractivity (Wildman–Crippen MR) is 122 cm³/mol. The molecular weight excluding hydrogens is 406 g/mol. The van der Waals surface area contributed by atoms with E-state index >= 15 is 0 Å². The number of carbonyl (C=O) groups is 1. The van der Waals surface area contributed by atoms with Crippen molar-refractivity contribution in [3.05, 3.63) is 94.3 Å². The Morgan fingerprint density at radius 1 is 0.844 bits per heavy atom. The van der Waals surface area contributed by atoms with Crippen molar-refractivity contribution in [1.29, 1.82) is 0 Å². The summed E-state index contributed by atoms with van der Waals surface area (Å²) in [5, 5.41) is 11.8. The molecule has 0 bridgehead atoms. The number of pyridine rings is 1. The Hall–Kier alpha value is -3.90. The van der Waals surface area contributed by atoms with E-state index in [1.807, 2.05) is 24.3 Å². The zero-order chi connectivity index (χ0) is 22.2. The van der Waals surface area contributed by atoms with Crippen LogP contribution in [-0.2, 0) is 6.54 Å². The first kappa shape index (κ1) is 20.0. The quantitative estimate of drug-likeness (QED) is 0.448. The fourth-order valence-electron chi connectivity index (χ4n) is 4.23. The van der Waals surface area contributed by atoms with E-state index in [1.54, 1.807) is 55.6 Å². The van der Waals surface area contributed by atoms with Gasteiger partial charge in [0, 0.05) is 21.9 Å². The van der Waals surface area contributed by atoms with E-state index in [2.05, 4.69) is 0 Å². The molecule has 0 fully saturated rings. The molecule has 0 radical (unpaired) electrons.